The van der Waals surface area contributed by atoms with Crippen LogP contribution in [0.25, 0.3) is 5.00 Å². The van der Waals surface area contributed by atoms with E-state index < -0.39 is 5.97 Å². The zero-order chi connectivity index (χ0) is 11.7. The van der Waals surface area contributed by atoms with Gasteiger partial charge in [0, 0.05) is 11.8 Å². The molecule has 0 saturated carbocycles. The van der Waals surface area contributed by atoms with Crippen LogP contribution in [0.1, 0.15) is 25.7 Å². The van der Waals surface area contributed by atoms with Gasteiger partial charge >= 0.3 is 5.97 Å². The first-order valence-electron chi connectivity index (χ1n) is 4.47. The summed E-state index contributed by atoms with van der Waals surface area (Å²) >= 11 is 1.26. The molecule has 0 atom stereocenters. The van der Waals surface area contributed by atoms with Crippen LogP contribution >= 0.6 is 11.3 Å². The van der Waals surface area contributed by atoms with Crippen molar-refractivity contribution < 1.29 is 14.7 Å². The molecule has 0 aliphatic heterocycles. The summed E-state index contributed by atoms with van der Waals surface area (Å²) in [6, 6.07) is 3.40. The molecule has 0 fully saturated rings. The summed E-state index contributed by atoms with van der Waals surface area (Å²) in [5, 5.41) is 13.5. The Morgan fingerprint density at radius 2 is 2.31 bits per heavy atom. The van der Waals surface area contributed by atoms with E-state index in [2.05, 4.69) is 5.10 Å². The highest BCUT2D eigenvalue weighted by molar-refractivity contribution is 7.16. The second-order valence-corrected chi connectivity index (χ2v) is 4.30. The number of nitrogens with zero attached hydrogens (tertiary/aromatic N) is 2. The molecule has 82 valence electrons. The summed E-state index contributed by atoms with van der Waals surface area (Å²) in [6.07, 6.45) is 2.38. The van der Waals surface area contributed by atoms with Gasteiger partial charge in [-0.15, -0.1) is 11.3 Å². The lowest BCUT2D eigenvalue weighted by Crippen LogP contribution is -2.00. The van der Waals surface area contributed by atoms with Gasteiger partial charge in [0.1, 0.15) is 5.00 Å². The number of aldehydes is 1. The molecule has 0 saturated heterocycles. The van der Waals surface area contributed by atoms with Crippen molar-refractivity contribution in [2.75, 3.05) is 0 Å². The van der Waals surface area contributed by atoms with E-state index in [9.17, 15) is 9.59 Å². The third-order valence-electron chi connectivity index (χ3n) is 2.05. The Morgan fingerprint density at radius 3 is 2.81 bits per heavy atom. The average molecular weight is 236 g/mol. The van der Waals surface area contributed by atoms with Crippen molar-refractivity contribution in [3.8, 4) is 5.00 Å². The van der Waals surface area contributed by atoms with Gasteiger partial charge in [-0.1, -0.05) is 0 Å². The monoisotopic (exact) mass is 236 g/mol. The zero-order valence-corrected chi connectivity index (χ0v) is 9.19. The number of hydrogen-bond donors (Lipinski definition) is 1. The van der Waals surface area contributed by atoms with Gasteiger partial charge in [-0.05, 0) is 19.1 Å². The second-order valence-electron chi connectivity index (χ2n) is 3.20. The van der Waals surface area contributed by atoms with Crippen molar-refractivity contribution in [1.82, 2.24) is 9.78 Å². The van der Waals surface area contributed by atoms with Crippen molar-refractivity contribution in [3.63, 3.8) is 0 Å². The summed E-state index contributed by atoms with van der Waals surface area (Å²) in [5.41, 5.74) is 0.620. The van der Waals surface area contributed by atoms with E-state index in [1.165, 1.54) is 16.0 Å². The van der Waals surface area contributed by atoms with Crippen LogP contribution in [-0.2, 0) is 0 Å². The van der Waals surface area contributed by atoms with Crippen LogP contribution in [0, 0.1) is 6.92 Å². The molecule has 2 rings (SSSR count). The maximum Gasteiger partial charge on any atom is 0.356 e. The highest BCUT2D eigenvalue weighted by Crippen LogP contribution is 2.20. The number of aryl methyl sites for hydroxylation is 1. The molecule has 0 aromatic carbocycles. The highest BCUT2D eigenvalue weighted by Gasteiger charge is 2.13. The van der Waals surface area contributed by atoms with E-state index in [1.54, 1.807) is 25.3 Å². The fraction of sp³-hybridized carbons (Fsp3) is 0.100. The number of carbonyl (C=O) groups is 2. The predicted octanol–water partition coefficient (Wildman–Crippen LogP) is 1.75. The summed E-state index contributed by atoms with van der Waals surface area (Å²) in [6.45, 7) is 1.68. The maximum absolute atomic E-state index is 10.8. The minimum atomic E-state index is -1.05. The fourth-order valence-corrected chi connectivity index (χ4v) is 2.06. The van der Waals surface area contributed by atoms with Crippen LogP contribution < -0.4 is 0 Å². The van der Waals surface area contributed by atoms with Gasteiger partial charge in [0.2, 0.25) is 0 Å². The van der Waals surface area contributed by atoms with Gasteiger partial charge in [0.15, 0.2) is 12.0 Å². The smallest absolute Gasteiger partial charge is 0.356 e. The Bertz CT molecular complexity index is 556. The van der Waals surface area contributed by atoms with Gasteiger partial charge in [-0.25, -0.2) is 9.48 Å². The van der Waals surface area contributed by atoms with E-state index in [-0.39, 0.29) is 5.69 Å². The highest BCUT2D eigenvalue weighted by atomic mass is 32.1. The van der Waals surface area contributed by atoms with E-state index in [0.29, 0.717) is 10.4 Å². The maximum atomic E-state index is 10.8. The van der Waals surface area contributed by atoms with Crippen LogP contribution in [-0.4, -0.2) is 27.1 Å². The molecule has 0 bridgehead atoms. The Morgan fingerprint density at radius 1 is 1.56 bits per heavy atom. The number of carbonyl (C=O) groups excluding carboxylic acids is 1. The average Bonchev–Trinajstić information content (AvgIpc) is 2.83. The van der Waals surface area contributed by atoms with Gasteiger partial charge in [-0.2, -0.15) is 5.10 Å². The predicted molar refractivity (Wildman–Crippen MR) is 58.5 cm³/mol. The first-order valence-corrected chi connectivity index (χ1v) is 5.28. The molecule has 0 aliphatic carbocycles. The van der Waals surface area contributed by atoms with Crippen molar-refractivity contribution in [2.45, 2.75) is 6.92 Å². The molecule has 2 aromatic rings. The molecule has 2 heterocycles. The molecule has 0 radical (unpaired) electrons. The summed E-state index contributed by atoms with van der Waals surface area (Å²) in [7, 11) is 0. The molecule has 0 amide bonds. The molecule has 6 heteroatoms. The van der Waals surface area contributed by atoms with Gasteiger partial charge in [-0.3, -0.25) is 4.79 Å². The molecular formula is C10H8N2O3S. The van der Waals surface area contributed by atoms with Crippen LogP contribution in [0.4, 0.5) is 0 Å². The number of hydrogen-bond acceptors (Lipinski definition) is 4. The molecule has 0 aliphatic rings. The first kappa shape index (κ1) is 10.6. The van der Waals surface area contributed by atoms with Gasteiger partial charge in [0.25, 0.3) is 0 Å². The number of aromatic nitrogens is 2. The standard InChI is InChI=1S/C10H8N2O3S/c1-6-4-12(11-9(6)10(14)15)8-3-2-7(5-13)16-8/h2-5H,1H3,(H,14,15). The molecular weight excluding hydrogens is 228 g/mol. The molecule has 1 N–H and O–H groups in total. The quantitative estimate of drug-likeness (QED) is 0.824. The van der Waals surface area contributed by atoms with E-state index in [0.717, 1.165) is 11.3 Å². The van der Waals surface area contributed by atoms with Crippen LogP contribution in [0.5, 0.6) is 0 Å². The summed E-state index contributed by atoms with van der Waals surface area (Å²) in [4.78, 5) is 21.9. The minimum Gasteiger partial charge on any atom is -0.476 e. The topological polar surface area (TPSA) is 72.2 Å². The zero-order valence-electron chi connectivity index (χ0n) is 8.38. The molecule has 0 spiro atoms. The summed E-state index contributed by atoms with van der Waals surface area (Å²) in [5.74, 6) is -1.05. The molecule has 5 nitrogen and oxygen atoms in total. The van der Waals surface area contributed by atoms with Crippen LogP contribution in [0.15, 0.2) is 18.3 Å². The van der Waals surface area contributed by atoms with Crippen LogP contribution in [0.3, 0.4) is 0 Å². The van der Waals surface area contributed by atoms with Crippen molar-refractivity contribution in [2.24, 2.45) is 0 Å². The number of rotatable bonds is 3. The van der Waals surface area contributed by atoms with E-state index in [4.69, 9.17) is 5.11 Å². The number of carboxylic acids is 1. The second kappa shape index (κ2) is 3.90. The lowest BCUT2D eigenvalue weighted by molar-refractivity contribution is 0.0689. The Kier molecular flexibility index (Phi) is 2.57. The first-order chi connectivity index (χ1) is 7.61. The lowest BCUT2D eigenvalue weighted by Gasteiger charge is -1.93. The lowest BCUT2D eigenvalue weighted by atomic mass is 10.3. The number of carboxylic acid groups (broad SMARTS) is 1. The third kappa shape index (κ3) is 1.74. The Balaban J connectivity index is 2.44. The summed E-state index contributed by atoms with van der Waals surface area (Å²) < 4.78 is 1.47. The van der Waals surface area contributed by atoms with Gasteiger partial charge in [0.05, 0.1) is 4.88 Å². The van der Waals surface area contributed by atoms with E-state index in [1.807, 2.05) is 0 Å². The fourth-order valence-electron chi connectivity index (χ4n) is 1.31. The van der Waals surface area contributed by atoms with Crippen molar-refractivity contribution >= 4 is 23.6 Å². The Labute approximate surface area is 94.9 Å². The van der Waals surface area contributed by atoms with Crippen LogP contribution in [0.2, 0.25) is 0 Å². The third-order valence-corrected chi connectivity index (χ3v) is 3.05. The number of thiophene rings is 1. The minimum absolute atomic E-state index is 0.0288. The van der Waals surface area contributed by atoms with Crippen molar-refractivity contribution in [3.05, 3.63) is 34.5 Å². The largest absolute Gasteiger partial charge is 0.476 e. The van der Waals surface area contributed by atoms with E-state index >= 15 is 0 Å². The SMILES string of the molecule is Cc1cn(-c2ccc(C=O)s2)nc1C(=O)O. The number of aromatic carboxylic acids is 1. The molecule has 16 heavy (non-hydrogen) atoms. The normalized spacial score (nSPS) is 10.3. The van der Waals surface area contributed by atoms with Gasteiger partial charge < -0.3 is 5.11 Å². The molecule has 2 aromatic heterocycles. The van der Waals surface area contributed by atoms with Crippen molar-refractivity contribution in [1.29, 1.82) is 0 Å². The Hall–Kier alpha value is -1.95. The molecule has 0 unspecified atom stereocenters.